The van der Waals surface area contributed by atoms with Gasteiger partial charge in [0.1, 0.15) is 11.4 Å². The number of fused-ring (bicyclic) bond motifs is 1. The maximum absolute atomic E-state index is 12.2. The van der Waals surface area contributed by atoms with Crippen LogP contribution in [-0.4, -0.2) is 49.4 Å². The molecule has 4 rings (SSSR count). The number of hydrogen-bond acceptors (Lipinski definition) is 4. The third-order valence-corrected chi connectivity index (χ3v) is 6.91. The van der Waals surface area contributed by atoms with Gasteiger partial charge in [-0.3, -0.25) is 0 Å². The molecule has 7 heteroatoms. The zero-order valence-electron chi connectivity index (χ0n) is 16.1. The SMILES string of the molecule is CC(C)(C)OC(=O)N1CC2(CCN(c3cc4c(c(Br)c3Cl)OCCC4)C2)C1. The molecular weight excluding hydrogens is 432 g/mol. The highest BCUT2D eigenvalue weighted by atomic mass is 79.9. The third kappa shape index (κ3) is 3.63. The average molecular weight is 458 g/mol. The van der Waals surface area contributed by atoms with E-state index in [1.165, 1.54) is 5.56 Å². The number of ether oxygens (including phenoxy) is 2. The second kappa shape index (κ2) is 6.73. The minimum atomic E-state index is -0.452. The van der Waals surface area contributed by atoms with Gasteiger partial charge in [-0.25, -0.2) is 4.79 Å². The first kappa shape index (κ1) is 19.2. The highest BCUT2D eigenvalue weighted by molar-refractivity contribution is 9.10. The van der Waals surface area contributed by atoms with E-state index in [0.717, 1.165) is 73.0 Å². The van der Waals surface area contributed by atoms with Gasteiger partial charge >= 0.3 is 6.09 Å². The van der Waals surface area contributed by atoms with Crippen molar-refractivity contribution in [1.82, 2.24) is 4.90 Å². The molecule has 0 aromatic heterocycles. The van der Waals surface area contributed by atoms with E-state index < -0.39 is 5.60 Å². The van der Waals surface area contributed by atoms with E-state index >= 15 is 0 Å². The molecule has 5 nitrogen and oxygen atoms in total. The predicted molar refractivity (Wildman–Crippen MR) is 110 cm³/mol. The van der Waals surface area contributed by atoms with E-state index in [9.17, 15) is 4.79 Å². The van der Waals surface area contributed by atoms with Crippen LogP contribution >= 0.6 is 27.5 Å². The first-order valence-corrected chi connectivity index (χ1v) is 10.7. The highest BCUT2D eigenvalue weighted by Gasteiger charge is 2.50. The van der Waals surface area contributed by atoms with Crippen molar-refractivity contribution in [2.45, 2.75) is 45.6 Å². The van der Waals surface area contributed by atoms with Gasteiger partial charge in [-0.2, -0.15) is 0 Å². The molecule has 148 valence electrons. The van der Waals surface area contributed by atoms with Gasteiger partial charge in [0, 0.05) is 31.6 Å². The molecule has 0 N–H and O–H groups in total. The van der Waals surface area contributed by atoms with Crippen LogP contribution < -0.4 is 9.64 Å². The summed E-state index contributed by atoms with van der Waals surface area (Å²) in [6.07, 6.45) is 2.91. The molecule has 0 radical (unpaired) electrons. The number of likely N-dealkylation sites (tertiary alicyclic amines) is 1. The van der Waals surface area contributed by atoms with Crippen LogP contribution in [0, 0.1) is 5.41 Å². The summed E-state index contributed by atoms with van der Waals surface area (Å²) in [6.45, 7) is 9.82. The lowest BCUT2D eigenvalue weighted by atomic mass is 9.79. The van der Waals surface area contributed by atoms with Crippen LogP contribution in [0.4, 0.5) is 10.5 Å². The van der Waals surface area contributed by atoms with Crippen LogP contribution in [0.5, 0.6) is 5.75 Å². The fourth-order valence-electron chi connectivity index (χ4n) is 4.27. The molecule has 2 fully saturated rings. The molecular formula is C20H26BrClN2O3. The summed E-state index contributed by atoms with van der Waals surface area (Å²) in [5.74, 6) is 0.892. The van der Waals surface area contributed by atoms with E-state index in [1.807, 2.05) is 25.7 Å². The van der Waals surface area contributed by atoms with E-state index in [0.29, 0.717) is 0 Å². The molecule has 2 saturated heterocycles. The Morgan fingerprint density at radius 1 is 1.33 bits per heavy atom. The minimum absolute atomic E-state index is 0.152. The van der Waals surface area contributed by atoms with Crippen molar-refractivity contribution in [2.24, 2.45) is 5.41 Å². The molecule has 0 atom stereocenters. The molecule has 3 aliphatic heterocycles. The van der Waals surface area contributed by atoms with Crippen molar-refractivity contribution in [3.05, 3.63) is 21.1 Å². The normalized spacial score (nSPS) is 20.9. The third-order valence-electron chi connectivity index (χ3n) is 5.54. The number of anilines is 1. The Bertz CT molecular complexity index is 771. The van der Waals surface area contributed by atoms with E-state index in [4.69, 9.17) is 21.1 Å². The number of aryl methyl sites for hydroxylation is 1. The molecule has 1 spiro atoms. The number of halogens is 2. The van der Waals surface area contributed by atoms with Crippen LogP contribution in [0.25, 0.3) is 0 Å². The Hall–Kier alpha value is -1.14. The smallest absolute Gasteiger partial charge is 0.410 e. The molecule has 3 heterocycles. The zero-order valence-corrected chi connectivity index (χ0v) is 18.5. The van der Waals surface area contributed by atoms with E-state index in [-0.39, 0.29) is 11.5 Å². The van der Waals surface area contributed by atoms with Gasteiger partial charge in [-0.1, -0.05) is 11.6 Å². The zero-order chi connectivity index (χ0) is 19.4. The van der Waals surface area contributed by atoms with Gasteiger partial charge in [-0.05, 0) is 67.6 Å². The Balaban J connectivity index is 1.45. The summed E-state index contributed by atoms with van der Waals surface area (Å²) in [5.41, 5.74) is 1.99. The second-order valence-corrected chi connectivity index (χ2v) is 10.1. The maximum Gasteiger partial charge on any atom is 0.410 e. The quantitative estimate of drug-likeness (QED) is 0.603. The molecule has 0 aliphatic carbocycles. The molecule has 0 bridgehead atoms. The minimum Gasteiger partial charge on any atom is -0.492 e. The Morgan fingerprint density at radius 3 is 2.78 bits per heavy atom. The number of hydrogen-bond donors (Lipinski definition) is 0. The Morgan fingerprint density at radius 2 is 2.07 bits per heavy atom. The van der Waals surface area contributed by atoms with Crippen molar-refractivity contribution in [3.8, 4) is 5.75 Å². The largest absolute Gasteiger partial charge is 0.492 e. The van der Waals surface area contributed by atoms with Crippen molar-refractivity contribution >= 4 is 39.3 Å². The lowest BCUT2D eigenvalue weighted by Crippen LogP contribution is -2.60. The first-order valence-electron chi connectivity index (χ1n) is 9.54. The van der Waals surface area contributed by atoms with Crippen molar-refractivity contribution in [1.29, 1.82) is 0 Å². The van der Waals surface area contributed by atoms with E-state index in [1.54, 1.807) is 0 Å². The molecule has 1 aromatic carbocycles. The monoisotopic (exact) mass is 456 g/mol. The average Bonchev–Trinajstić information content (AvgIpc) is 3.00. The lowest BCUT2D eigenvalue weighted by molar-refractivity contribution is -0.0266. The number of carbonyl (C=O) groups is 1. The van der Waals surface area contributed by atoms with E-state index in [2.05, 4.69) is 26.9 Å². The number of amides is 1. The van der Waals surface area contributed by atoms with Gasteiger partial charge in [-0.15, -0.1) is 0 Å². The highest BCUT2D eigenvalue weighted by Crippen LogP contribution is 2.48. The van der Waals surface area contributed by atoms with Crippen LogP contribution in [0.1, 0.15) is 39.2 Å². The van der Waals surface area contributed by atoms with Crippen LogP contribution in [0.15, 0.2) is 10.5 Å². The standard InChI is InChI=1S/C20H26BrClN2O3/c1-19(2,3)27-18(25)24-11-20(12-24)6-7-23(10-20)14-9-13-5-4-8-26-17(13)15(21)16(14)22/h9H,4-8,10-12H2,1-3H3. The summed E-state index contributed by atoms with van der Waals surface area (Å²) in [4.78, 5) is 16.4. The van der Waals surface area contributed by atoms with Crippen molar-refractivity contribution in [2.75, 3.05) is 37.7 Å². The summed E-state index contributed by atoms with van der Waals surface area (Å²) in [5, 5.41) is 0.719. The molecule has 0 saturated carbocycles. The van der Waals surface area contributed by atoms with Crippen LogP contribution in [0.3, 0.4) is 0 Å². The summed E-state index contributed by atoms with van der Waals surface area (Å²) < 4.78 is 12.1. The summed E-state index contributed by atoms with van der Waals surface area (Å²) in [6, 6.07) is 2.19. The summed E-state index contributed by atoms with van der Waals surface area (Å²) >= 11 is 10.3. The second-order valence-electron chi connectivity index (χ2n) is 8.97. The molecule has 3 aliphatic rings. The Kier molecular flexibility index (Phi) is 4.78. The van der Waals surface area contributed by atoms with Gasteiger partial charge in [0.25, 0.3) is 0 Å². The van der Waals surface area contributed by atoms with Gasteiger partial charge in [0.05, 0.1) is 21.8 Å². The maximum atomic E-state index is 12.2. The molecule has 27 heavy (non-hydrogen) atoms. The van der Waals surface area contributed by atoms with Crippen molar-refractivity contribution in [3.63, 3.8) is 0 Å². The number of carbonyl (C=O) groups excluding carboxylic acids is 1. The molecule has 0 unspecified atom stereocenters. The first-order chi connectivity index (χ1) is 12.7. The fourth-order valence-corrected chi connectivity index (χ4v) is 5.11. The van der Waals surface area contributed by atoms with Crippen LogP contribution in [0.2, 0.25) is 5.02 Å². The number of rotatable bonds is 1. The van der Waals surface area contributed by atoms with Gasteiger partial charge < -0.3 is 19.3 Å². The topological polar surface area (TPSA) is 42.0 Å². The number of nitrogens with zero attached hydrogens (tertiary/aromatic N) is 2. The lowest BCUT2D eigenvalue weighted by Gasteiger charge is -2.47. The van der Waals surface area contributed by atoms with Gasteiger partial charge in [0.15, 0.2) is 0 Å². The molecule has 1 amide bonds. The molecule has 1 aromatic rings. The Labute approximate surface area is 174 Å². The van der Waals surface area contributed by atoms with Crippen molar-refractivity contribution < 1.29 is 14.3 Å². The van der Waals surface area contributed by atoms with Gasteiger partial charge in [0.2, 0.25) is 0 Å². The number of benzene rings is 1. The summed E-state index contributed by atoms with van der Waals surface area (Å²) in [7, 11) is 0. The van der Waals surface area contributed by atoms with Crippen LogP contribution in [-0.2, 0) is 11.2 Å². The fraction of sp³-hybridized carbons (Fsp3) is 0.650. The predicted octanol–water partition coefficient (Wildman–Crippen LogP) is 4.87.